The van der Waals surface area contributed by atoms with Gasteiger partial charge in [-0.05, 0) is 194 Å². The van der Waals surface area contributed by atoms with E-state index >= 15 is 0 Å². The molecule has 4 N–H and O–H groups in total. The predicted octanol–water partition coefficient (Wildman–Crippen LogP) is 12.3. The van der Waals surface area contributed by atoms with Gasteiger partial charge in [-0.25, -0.2) is 25.3 Å². The Bertz CT molecular complexity index is 3630. The van der Waals surface area contributed by atoms with Crippen LogP contribution in [0.2, 0.25) is 0 Å². The van der Waals surface area contributed by atoms with Gasteiger partial charge in [0.15, 0.2) is 0 Å². The van der Waals surface area contributed by atoms with Gasteiger partial charge in [-0.3, -0.25) is 0 Å². The minimum atomic E-state index is -3.91. The van der Waals surface area contributed by atoms with Crippen LogP contribution in [-0.4, -0.2) is 25.3 Å². The molecule has 13 nitrogen and oxygen atoms in total. The van der Waals surface area contributed by atoms with E-state index in [1.165, 1.54) is 97.1 Å². The molecule has 9 aromatic rings. The van der Waals surface area contributed by atoms with Gasteiger partial charge in [0, 0.05) is 23.5 Å². The molecule has 0 spiro atoms. The Hall–Kier alpha value is -8.57. The van der Waals surface area contributed by atoms with Gasteiger partial charge in [-0.2, -0.15) is 0 Å². The van der Waals surface area contributed by atoms with Gasteiger partial charge >= 0.3 is 0 Å². The lowest BCUT2D eigenvalue weighted by Crippen LogP contribution is -2.02. The number of anilines is 2. The van der Waals surface area contributed by atoms with E-state index in [4.69, 9.17) is 35.2 Å². The van der Waals surface area contributed by atoms with Crippen molar-refractivity contribution >= 4 is 40.9 Å². The summed E-state index contributed by atoms with van der Waals surface area (Å²) in [5.74, 6) is 4.42. The summed E-state index contributed by atoms with van der Waals surface area (Å²) in [4.78, 5) is 0.432. The number of sulfone groups is 3. The molecule has 0 unspecified atom stereocenters. The molecule has 350 valence electrons. The highest BCUT2D eigenvalue weighted by atomic mass is 32.2. The minimum absolute atomic E-state index is 0.0398. The standard InChI is InChI=1S/C54H40N2O11S3/c55-37-3-1-5-47(35-37)66-45-19-31-53(32-20-45)69(59,60)50-25-13-42(14-26-50)64-40-9-7-39(8-10-40)63-41-11-23-49(24-12-41)68(57,58)51-27-15-43(16-28-51)65-44-17-29-52(30-18-44)70(61,62)54-33-21-46(22-34-54)67-48-6-2-4-38(56)36-48/h1-36H,55-56H2. The van der Waals surface area contributed by atoms with Crippen molar-refractivity contribution in [3.8, 4) is 57.5 Å². The molecule has 0 heterocycles. The lowest BCUT2D eigenvalue weighted by Gasteiger charge is -2.11. The Kier molecular flexibility index (Phi) is 13.0. The Balaban J connectivity index is 0.761. The van der Waals surface area contributed by atoms with Crippen molar-refractivity contribution in [2.45, 2.75) is 29.4 Å². The summed E-state index contributed by atoms with van der Waals surface area (Å²) in [5.41, 5.74) is 12.7. The monoisotopic (exact) mass is 988 g/mol. The second-order valence-corrected chi connectivity index (χ2v) is 21.3. The quantitative estimate of drug-likeness (QED) is 0.0867. The molecule has 0 aliphatic carbocycles. The average molecular weight is 989 g/mol. The zero-order valence-corrected chi connectivity index (χ0v) is 39.1. The second kappa shape index (κ2) is 19.6. The van der Waals surface area contributed by atoms with E-state index in [-0.39, 0.29) is 29.4 Å². The maximum Gasteiger partial charge on any atom is 0.206 e. The number of hydrogen-bond donors (Lipinski definition) is 2. The number of benzene rings is 9. The molecule has 70 heavy (non-hydrogen) atoms. The zero-order chi connectivity index (χ0) is 48.9. The van der Waals surface area contributed by atoms with Crippen molar-refractivity contribution in [2.75, 3.05) is 11.5 Å². The third kappa shape index (κ3) is 10.7. The van der Waals surface area contributed by atoms with Gasteiger partial charge in [0.1, 0.15) is 57.5 Å². The summed E-state index contributed by atoms with van der Waals surface area (Å²) in [7, 11) is -11.6. The highest BCUT2D eigenvalue weighted by Crippen LogP contribution is 2.34. The fourth-order valence-electron chi connectivity index (χ4n) is 6.94. The molecule has 0 saturated carbocycles. The maximum atomic E-state index is 13.5. The number of rotatable bonds is 16. The van der Waals surface area contributed by atoms with Crippen molar-refractivity contribution < 1.29 is 48.9 Å². The van der Waals surface area contributed by atoms with Gasteiger partial charge < -0.3 is 35.2 Å². The molecular weight excluding hydrogens is 949 g/mol. The SMILES string of the molecule is Nc1cccc(Oc2ccc(S(=O)(=O)c3ccc(Oc4ccc(Oc5ccc(S(=O)(=O)c6ccc(Oc7ccc(S(=O)(=O)c8ccc(Oc9cccc(N)c9)cc8)cc7)cc6)cc5)cc4)cc3)cc2)c1. The van der Waals surface area contributed by atoms with E-state index in [0.717, 1.165) is 0 Å². The topological polar surface area (TPSA) is 201 Å². The van der Waals surface area contributed by atoms with Crippen molar-refractivity contribution in [3.63, 3.8) is 0 Å². The molecule has 9 aromatic carbocycles. The van der Waals surface area contributed by atoms with Crippen molar-refractivity contribution in [1.82, 2.24) is 0 Å². The lowest BCUT2D eigenvalue weighted by molar-refractivity contribution is 0.469. The van der Waals surface area contributed by atoms with Crippen molar-refractivity contribution in [2.24, 2.45) is 0 Å². The summed E-state index contributed by atoms with van der Waals surface area (Å²) < 4.78 is 110. The fourth-order valence-corrected chi connectivity index (χ4v) is 10.7. The fraction of sp³-hybridized carbons (Fsp3) is 0. The van der Waals surface area contributed by atoms with E-state index < -0.39 is 29.5 Å². The van der Waals surface area contributed by atoms with E-state index in [2.05, 4.69) is 0 Å². The molecule has 0 aromatic heterocycles. The van der Waals surface area contributed by atoms with Gasteiger partial charge in [-0.1, -0.05) is 12.1 Å². The molecule has 0 amide bonds. The number of hydrogen-bond acceptors (Lipinski definition) is 13. The molecule has 0 aliphatic heterocycles. The molecule has 0 saturated heterocycles. The third-order valence-corrected chi connectivity index (χ3v) is 15.9. The summed E-state index contributed by atoms with van der Waals surface area (Å²) in [5, 5.41) is 0. The number of ether oxygens (including phenoxy) is 5. The first-order chi connectivity index (χ1) is 33.7. The molecule has 0 bridgehead atoms. The van der Waals surface area contributed by atoms with E-state index in [1.54, 1.807) is 121 Å². The largest absolute Gasteiger partial charge is 0.457 e. The van der Waals surface area contributed by atoms with Crippen LogP contribution in [0.1, 0.15) is 0 Å². The predicted molar refractivity (Wildman–Crippen MR) is 264 cm³/mol. The van der Waals surface area contributed by atoms with Crippen molar-refractivity contribution in [3.05, 3.63) is 218 Å². The van der Waals surface area contributed by atoms with Crippen LogP contribution in [0.25, 0.3) is 0 Å². The molecule has 0 atom stereocenters. The molecular formula is C54H40N2O11S3. The zero-order valence-electron chi connectivity index (χ0n) is 36.7. The number of nitrogen functional groups attached to an aromatic ring is 2. The van der Waals surface area contributed by atoms with E-state index in [0.29, 0.717) is 68.9 Å². The van der Waals surface area contributed by atoms with Crippen LogP contribution in [-0.2, 0) is 29.5 Å². The summed E-state index contributed by atoms with van der Waals surface area (Å²) in [6.07, 6.45) is 0. The Morgan fingerprint density at radius 3 is 0.586 bits per heavy atom. The normalized spacial score (nSPS) is 11.6. The Morgan fingerprint density at radius 1 is 0.229 bits per heavy atom. The molecule has 0 radical (unpaired) electrons. The highest BCUT2D eigenvalue weighted by molar-refractivity contribution is 7.92. The highest BCUT2D eigenvalue weighted by Gasteiger charge is 2.21. The minimum Gasteiger partial charge on any atom is -0.457 e. The summed E-state index contributed by atoms with van der Waals surface area (Å²) in [6, 6.07) is 56.5. The van der Waals surface area contributed by atoms with Gasteiger partial charge in [0.2, 0.25) is 29.5 Å². The van der Waals surface area contributed by atoms with Crippen LogP contribution >= 0.6 is 0 Å². The molecule has 0 aliphatic rings. The first-order valence-corrected chi connectivity index (χ1v) is 25.7. The van der Waals surface area contributed by atoms with Crippen molar-refractivity contribution in [1.29, 1.82) is 0 Å². The van der Waals surface area contributed by atoms with Crippen LogP contribution in [0.5, 0.6) is 57.5 Å². The van der Waals surface area contributed by atoms with Crippen LogP contribution in [0.4, 0.5) is 11.4 Å². The van der Waals surface area contributed by atoms with Gasteiger partial charge in [-0.15, -0.1) is 0 Å². The average Bonchev–Trinajstić information content (AvgIpc) is 3.36. The smallest absolute Gasteiger partial charge is 0.206 e. The van der Waals surface area contributed by atoms with E-state index in [9.17, 15) is 25.3 Å². The van der Waals surface area contributed by atoms with Crippen LogP contribution in [0.15, 0.2) is 248 Å². The van der Waals surface area contributed by atoms with Crippen LogP contribution in [0.3, 0.4) is 0 Å². The van der Waals surface area contributed by atoms with Crippen LogP contribution in [0, 0.1) is 0 Å². The van der Waals surface area contributed by atoms with Crippen LogP contribution < -0.4 is 35.2 Å². The van der Waals surface area contributed by atoms with E-state index in [1.807, 2.05) is 0 Å². The first kappa shape index (κ1) is 46.5. The molecule has 9 rings (SSSR count). The first-order valence-electron chi connectivity index (χ1n) is 21.2. The summed E-state index contributed by atoms with van der Waals surface area (Å²) in [6.45, 7) is 0. The second-order valence-electron chi connectivity index (χ2n) is 15.5. The molecule has 16 heteroatoms. The van der Waals surface area contributed by atoms with Gasteiger partial charge in [0.05, 0.1) is 29.4 Å². The number of nitrogens with two attached hydrogens (primary N) is 2. The third-order valence-electron chi connectivity index (χ3n) is 10.5. The molecule has 0 fully saturated rings. The lowest BCUT2D eigenvalue weighted by atomic mass is 10.3. The summed E-state index contributed by atoms with van der Waals surface area (Å²) >= 11 is 0. The Labute approximate surface area is 404 Å². The Morgan fingerprint density at radius 2 is 0.400 bits per heavy atom. The maximum absolute atomic E-state index is 13.5. The van der Waals surface area contributed by atoms with Gasteiger partial charge in [0.25, 0.3) is 0 Å².